The summed E-state index contributed by atoms with van der Waals surface area (Å²) in [5.74, 6) is -1.26. The maximum Gasteiger partial charge on any atom is 0.306 e. The Morgan fingerprint density at radius 3 is 2.69 bits per heavy atom. The van der Waals surface area contributed by atoms with Gasteiger partial charge >= 0.3 is 5.97 Å². The minimum atomic E-state index is -0.850. The fourth-order valence-corrected chi connectivity index (χ4v) is 1.53. The molecule has 0 saturated heterocycles. The van der Waals surface area contributed by atoms with Gasteiger partial charge in [0.25, 0.3) is 0 Å². The van der Waals surface area contributed by atoms with E-state index in [9.17, 15) is 4.79 Å². The van der Waals surface area contributed by atoms with Crippen LogP contribution in [-0.4, -0.2) is 34.9 Å². The van der Waals surface area contributed by atoms with E-state index in [-0.39, 0.29) is 6.61 Å². The molecule has 72 valence electrons. The zero-order valence-electron chi connectivity index (χ0n) is 7.16. The Bertz CT molecular complexity index is 240. The van der Waals surface area contributed by atoms with Gasteiger partial charge in [-0.2, -0.15) is 5.26 Å². The fraction of sp³-hybridized carbons (Fsp3) is 0.750. The van der Waals surface area contributed by atoms with E-state index in [0.717, 1.165) is 0 Å². The summed E-state index contributed by atoms with van der Waals surface area (Å²) in [7, 11) is 0. The molecule has 0 heterocycles. The number of aliphatic hydroxyl groups is 1. The average Bonchev–Trinajstić information content (AvgIpc) is 2.03. The van der Waals surface area contributed by atoms with Gasteiger partial charge in [-0.25, -0.2) is 0 Å². The second kappa shape index (κ2) is 3.73. The first kappa shape index (κ1) is 9.96. The molecule has 13 heavy (non-hydrogen) atoms. The lowest BCUT2D eigenvalue weighted by atomic mass is 9.69. The molecule has 0 aromatic heterocycles. The number of carboxylic acids is 1. The summed E-state index contributed by atoms with van der Waals surface area (Å²) < 4.78 is 0. The van der Waals surface area contributed by atoms with E-state index in [1.165, 1.54) is 0 Å². The normalized spacial score (nSPS) is 31.8. The molecule has 0 unspecified atom stereocenters. The predicted molar refractivity (Wildman–Crippen MR) is 43.8 cm³/mol. The van der Waals surface area contributed by atoms with Crippen LogP contribution >= 0.6 is 0 Å². The van der Waals surface area contributed by atoms with E-state index < -0.39 is 17.4 Å². The highest BCUT2D eigenvalue weighted by Crippen LogP contribution is 2.37. The number of nitrogens with one attached hydrogen (secondary N) is 1. The molecule has 0 aliphatic heterocycles. The molecule has 1 saturated carbocycles. The number of aliphatic carboxylic acids is 1. The van der Waals surface area contributed by atoms with Crippen LogP contribution in [0.2, 0.25) is 0 Å². The van der Waals surface area contributed by atoms with Crippen molar-refractivity contribution in [3.8, 4) is 6.07 Å². The van der Waals surface area contributed by atoms with Crippen molar-refractivity contribution < 1.29 is 15.0 Å². The molecule has 0 aromatic rings. The lowest BCUT2D eigenvalue weighted by Gasteiger charge is -2.40. The molecular weight excluding hydrogens is 172 g/mol. The van der Waals surface area contributed by atoms with Crippen molar-refractivity contribution in [2.75, 3.05) is 13.2 Å². The van der Waals surface area contributed by atoms with Crippen LogP contribution in [0.25, 0.3) is 0 Å². The number of aliphatic hydroxyl groups excluding tert-OH is 1. The Balaban J connectivity index is 2.41. The molecule has 1 fully saturated rings. The minimum Gasteiger partial charge on any atom is -0.481 e. The van der Waals surface area contributed by atoms with Gasteiger partial charge in [-0.15, -0.1) is 0 Å². The molecule has 0 spiro atoms. The molecule has 0 atom stereocenters. The number of nitrogens with zero attached hydrogens (tertiary/aromatic N) is 1. The summed E-state index contributed by atoms with van der Waals surface area (Å²) in [4.78, 5) is 10.5. The summed E-state index contributed by atoms with van der Waals surface area (Å²) in [5.41, 5.74) is -0.716. The van der Waals surface area contributed by atoms with Gasteiger partial charge in [0, 0.05) is 6.54 Å². The lowest BCUT2D eigenvalue weighted by Crippen LogP contribution is -2.56. The van der Waals surface area contributed by atoms with E-state index >= 15 is 0 Å². The average molecular weight is 184 g/mol. The van der Waals surface area contributed by atoms with E-state index in [4.69, 9.17) is 15.5 Å². The maximum absolute atomic E-state index is 10.5. The topological polar surface area (TPSA) is 93.4 Å². The van der Waals surface area contributed by atoms with Crippen LogP contribution in [-0.2, 0) is 4.79 Å². The number of hydrogen-bond donors (Lipinski definition) is 3. The number of rotatable bonds is 4. The van der Waals surface area contributed by atoms with Crippen LogP contribution in [0.4, 0.5) is 0 Å². The second-order valence-corrected chi connectivity index (χ2v) is 3.29. The monoisotopic (exact) mass is 184 g/mol. The van der Waals surface area contributed by atoms with Gasteiger partial charge in [0.1, 0.15) is 5.54 Å². The van der Waals surface area contributed by atoms with Gasteiger partial charge in [0.15, 0.2) is 0 Å². The van der Waals surface area contributed by atoms with Crippen LogP contribution in [0.1, 0.15) is 12.8 Å². The van der Waals surface area contributed by atoms with Gasteiger partial charge in [-0.3, -0.25) is 10.1 Å². The van der Waals surface area contributed by atoms with Crippen LogP contribution in [0.3, 0.4) is 0 Å². The van der Waals surface area contributed by atoms with Gasteiger partial charge in [-0.05, 0) is 12.8 Å². The quantitative estimate of drug-likeness (QED) is 0.538. The maximum atomic E-state index is 10.5. The molecule has 0 aromatic carbocycles. The number of β-amino-alcohol motifs (C(OH)–C–C–N with tert-alkyl or cyclic N) is 1. The number of hydrogen-bond acceptors (Lipinski definition) is 4. The van der Waals surface area contributed by atoms with Gasteiger partial charge < -0.3 is 10.2 Å². The summed E-state index contributed by atoms with van der Waals surface area (Å²) in [5, 5.41) is 28.7. The standard InChI is InChI=1S/C8H12N2O3/c9-5-8(10-1-2-11)3-6(4-8)7(12)13/h6,10-11H,1-4H2,(H,12,13). The molecule has 1 rings (SSSR count). The van der Waals surface area contributed by atoms with E-state index in [1.807, 2.05) is 6.07 Å². The SMILES string of the molecule is N#CC1(NCCO)CC(C(=O)O)C1. The number of nitriles is 1. The van der Waals surface area contributed by atoms with Crippen molar-refractivity contribution in [1.82, 2.24) is 5.32 Å². The Morgan fingerprint density at radius 1 is 1.69 bits per heavy atom. The second-order valence-electron chi connectivity index (χ2n) is 3.29. The predicted octanol–water partition coefficient (Wildman–Crippen LogP) is -0.675. The third-order valence-corrected chi connectivity index (χ3v) is 2.33. The molecule has 1 aliphatic rings. The highest BCUT2D eigenvalue weighted by atomic mass is 16.4. The van der Waals surface area contributed by atoms with Gasteiger partial charge in [-0.1, -0.05) is 0 Å². The summed E-state index contributed by atoms with van der Waals surface area (Å²) in [6.07, 6.45) is 0.664. The first-order valence-electron chi connectivity index (χ1n) is 4.13. The third kappa shape index (κ3) is 1.97. The fourth-order valence-electron chi connectivity index (χ4n) is 1.53. The molecule has 0 amide bonds. The Kier molecular flexibility index (Phi) is 2.86. The van der Waals surface area contributed by atoms with Crippen molar-refractivity contribution in [3.05, 3.63) is 0 Å². The molecule has 0 bridgehead atoms. The van der Waals surface area contributed by atoms with E-state index in [0.29, 0.717) is 19.4 Å². The third-order valence-electron chi connectivity index (χ3n) is 2.33. The van der Waals surface area contributed by atoms with Crippen LogP contribution in [0, 0.1) is 17.2 Å². The molecular formula is C8H12N2O3. The molecule has 5 nitrogen and oxygen atoms in total. The van der Waals surface area contributed by atoms with Crippen molar-refractivity contribution in [2.24, 2.45) is 5.92 Å². The largest absolute Gasteiger partial charge is 0.481 e. The van der Waals surface area contributed by atoms with Crippen molar-refractivity contribution >= 4 is 5.97 Å². The van der Waals surface area contributed by atoms with Crippen LogP contribution in [0.15, 0.2) is 0 Å². The van der Waals surface area contributed by atoms with Crippen molar-refractivity contribution in [1.29, 1.82) is 5.26 Å². The van der Waals surface area contributed by atoms with Gasteiger partial charge in [0.2, 0.25) is 0 Å². The van der Waals surface area contributed by atoms with Crippen LogP contribution in [0.5, 0.6) is 0 Å². The molecule has 1 aliphatic carbocycles. The minimum absolute atomic E-state index is 0.0405. The molecule has 5 heteroatoms. The summed E-state index contributed by atoms with van der Waals surface area (Å²) in [6, 6.07) is 2.05. The highest BCUT2D eigenvalue weighted by molar-refractivity contribution is 5.72. The van der Waals surface area contributed by atoms with E-state index in [2.05, 4.69) is 5.32 Å². The molecule has 3 N–H and O–H groups in total. The lowest BCUT2D eigenvalue weighted by molar-refractivity contribution is -0.146. The summed E-state index contributed by atoms with van der Waals surface area (Å²) in [6.45, 7) is 0.293. The highest BCUT2D eigenvalue weighted by Gasteiger charge is 2.47. The Morgan fingerprint density at radius 2 is 2.31 bits per heavy atom. The zero-order valence-corrected chi connectivity index (χ0v) is 7.16. The smallest absolute Gasteiger partial charge is 0.306 e. The first-order chi connectivity index (χ1) is 6.13. The molecule has 0 radical (unpaired) electrons. The summed E-state index contributed by atoms with van der Waals surface area (Å²) >= 11 is 0. The zero-order chi connectivity index (χ0) is 9.90. The van der Waals surface area contributed by atoms with E-state index in [1.54, 1.807) is 0 Å². The first-order valence-corrected chi connectivity index (χ1v) is 4.13. The van der Waals surface area contributed by atoms with Crippen molar-refractivity contribution in [2.45, 2.75) is 18.4 Å². The Hall–Kier alpha value is -1.12. The number of carboxylic acid groups (broad SMARTS) is 1. The van der Waals surface area contributed by atoms with Gasteiger partial charge in [0.05, 0.1) is 18.6 Å². The number of carbonyl (C=O) groups is 1. The Labute approximate surface area is 76.0 Å². The van der Waals surface area contributed by atoms with Crippen molar-refractivity contribution in [3.63, 3.8) is 0 Å². The van der Waals surface area contributed by atoms with Crippen LogP contribution < -0.4 is 5.32 Å².